The molecule has 4 amide bonds. The molecule has 10 heteroatoms. The lowest BCUT2D eigenvalue weighted by Crippen LogP contribution is -2.47. The molecule has 0 atom stereocenters. The first-order valence-electron chi connectivity index (χ1n) is 10.5. The average molecular weight is 481 g/mol. The van der Waals surface area contributed by atoms with E-state index >= 15 is 0 Å². The minimum absolute atomic E-state index is 0.296. The van der Waals surface area contributed by atoms with Gasteiger partial charge in [-0.25, -0.2) is 4.79 Å². The molecule has 34 heavy (non-hydrogen) atoms. The highest BCUT2D eigenvalue weighted by Crippen LogP contribution is 2.47. The molecule has 0 unspecified atom stereocenters. The minimum Gasteiger partial charge on any atom is -0.479 e. The van der Waals surface area contributed by atoms with Crippen LogP contribution < -0.4 is 0 Å². The Morgan fingerprint density at radius 3 is 1.18 bits per heavy atom. The maximum atomic E-state index is 12.1. The first-order chi connectivity index (χ1) is 16.2. The van der Waals surface area contributed by atoms with Crippen molar-refractivity contribution in [3.63, 3.8) is 0 Å². The minimum atomic E-state index is -1.30. The first kappa shape index (κ1) is 22.0. The van der Waals surface area contributed by atoms with Crippen molar-refractivity contribution in [3.05, 3.63) is 70.8 Å². The summed E-state index contributed by atoms with van der Waals surface area (Å²) in [6.45, 7) is 0. The average Bonchev–Trinajstić information content (AvgIpc) is 3.74. The van der Waals surface area contributed by atoms with Crippen LogP contribution in [0.4, 0.5) is 0 Å². The molecule has 2 aliphatic carbocycles. The lowest BCUT2D eigenvalue weighted by atomic mass is 10.1. The van der Waals surface area contributed by atoms with E-state index in [1.54, 1.807) is 48.5 Å². The number of hydrogen-bond acceptors (Lipinski definition) is 6. The zero-order chi connectivity index (χ0) is 24.4. The van der Waals surface area contributed by atoms with Crippen molar-refractivity contribution in [2.75, 3.05) is 0 Å². The van der Waals surface area contributed by atoms with Crippen LogP contribution in [-0.2, 0) is 9.59 Å². The number of fused-ring (bicyclic) bond motifs is 2. The van der Waals surface area contributed by atoms with Crippen LogP contribution in [0.3, 0.4) is 0 Å². The third-order valence-corrected chi connectivity index (χ3v) is 7.01. The van der Waals surface area contributed by atoms with Crippen molar-refractivity contribution in [2.45, 2.75) is 36.8 Å². The second kappa shape index (κ2) is 7.33. The zero-order valence-corrected chi connectivity index (χ0v) is 18.4. The van der Waals surface area contributed by atoms with Crippen LogP contribution in [0.15, 0.2) is 48.5 Å². The molecule has 0 bridgehead atoms. The molecule has 2 saturated carbocycles. The van der Waals surface area contributed by atoms with Crippen LogP contribution in [0.25, 0.3) is 0 Å². The van der Waals surface area contributed by atoms with Gasteiger partial charge in [0.25, 0.3) is 23.6 Å². The molecule has 2 heterocycles. The molecule has 0 spiro atoms. The van der Waals surface area contributed by atoms with Crippen LogP contribution in [0.1, 0.15) is 67.1 Å². The van der Waals surface area contributed by atoms with Crippen molar-refractivity contribution in [2.24, 2.45) is 0 Å². The smallest absolute Gasteiger partial charge is 0.330 e. The van der Waals surface area contributed by atoms with Gasteiger partial charge in [-0.2, -0.15) is 0 Å². The maximum Gasteiger partial charge on any atom is 0.330 e. The summed E-state index contributed by atoms with van der Waals surface area (Å²) < 4.78 is 0. The van der Waals surface area contributed by atoms with Gasteiger partial charge in [0.05, 0.1) is 22.3 Å². The van der Waals surface area contributed by atoms with E-state index in [-0.39, 0.29) is 0 Å². The number of amides is 4. The Morgan fingerprint density at radius 1 is 0.647 bits per heavy atom. The Balaban J connectivity index is 0.000000142. The highest BCUT2D eigenvalue weighted by atomic mass is 35.5. The van der Waals surface area contributed by atoms with Crippen LogP contribution in [-0.4, -0.2) is 60.8 Å². The molecule has 2 fully saturated rings. The number of carbonyl (C=O) groups excluding carboxylic acids is 5. The fourth-order valence-corrected chi connectivity index (χ4v) is 4.71. The second-order valence-corrected chi connectivity index (χ2v) is 8.97. The van der Waals surface area contributed by atoms with Gasteiger partial charge in [-0.05, 0) is 61.5 Å². The van der Waals surface area contributed by atoms with Gasteiger partial charge in [0.1, 0.15) is 11.1 Å². The monoisotopic (exact) mass is 480 g/mol. The van der Waals surface area contributed by atoms with E-state index in [1.165, 1.54) is 0 Å². The van der Waals surface area contributed by atoms with E-state index < -0.39 is 45.9 Å². The Morgan fingerprint density at radius 2 is 0.941 bits per heavy atom. The highest BCUT2D eigenvalue weighted by Gasteiger charge is 2.62. The van der Waals surface area contributed by atoms with Gasteiger partial charge < -0.3 is 5.11 Å². The van der Waals surface area contributed by atoms with E-state index in [4.69, 9.17) is 16.7 Å². The van der Waals surface area contributed by atoms with Crippen molar-refractivity contribution in [1.29, 1.82) is 0 Å². The van der Waals surface area contributed by atoms with Crippen LogP contribution in [0, 0.1) is 0 Å². The zero-order valence-electron chi connectivity index (χ0n) is 17.6. The predicted octanol–water partition coefficient (Wildman–Crippen LogP) is 2.48. The SMILES string of the molecule is O=C1c2ccccc2C(=O)N1C1(C(=O)Cl)CC1.O=C1c2ccccc2C(=O)N1C1(C(=O)O)CC1. The first-order valence-corrected chi connectivity index (χ1v) is 10.9. The summed E-state index contributed by atoms with van der Waals surface area (Å²) in [4.78, 5) is 72.7. The lowest BCUT2D eigenvalue weighted by Gasteiger charge is -2.21. The van der Waals surface area contributed by atoms with E-state index in [9.17, 15) is 28.8 Å². The largest absolute Gasteiger partial charge is 0.479 e. The number of halogens is 1. The summed E-state index contributed by atoms with van der Waals surface area (Å²) in [6.07, 6.45) is 1.60. The van der Waals surface area contributed by atoms with E-state index in [0.717, 1.165) is 9.80 Å². The van der Waals surface area contributed by atoms with E-state index in [0.29, 0.717) is 47.9 Å². The number of carboxylic acid groups (broad SMARTS) is 1. The van der Waals surface area contributed by atoms with Gasteiger partial charge in [0.2, 0.25) is 5.24 Å². The lowest BCUT2D eigenvalue weighted by molar-refractivity contribution is -0.143. The number of nitrogens with zero attached hydrogens (tertiary/aromatic N) is 2. The van der Waals surface area contributed by atoms with Crippen LogP contribution >= 0.6 is 11.6 Å². The summed E-state index contributed by atoms with van der Waals surface area (Å²) in [7, 11) is 0. The summed E-state index contributed by atoms with van der Waals surface area (Å²) >= 11 is 5.50. The third-order valence-electron chi connectivity index (χ3n) is 6.66. The topological polar surface area (TPSA) is 129 Å². The Bertz CT molecular complexity index is 1150. The van der Waals surface area contributed by atoms with Crippen molar-refractivity contribution < 1.29 is 33.9 Å². The molecule has 0 aromatic heterocycles. The Hall–Kier alpha value is -3.85. The summed E-state index contributed by atoms with van der Waals surface area (Å²) in [6, 6.07) is 13.0. The van der Waals surface area contributed by atoms with E-state index in [1.807, 2.05) is 0 Å². The molecule has 2 aromatic rings. The van der Waals surface area contributed by atoms with Gasteiger partial charge >= 0.3 is 5.97 Å². The molecule has 2 aromatic carbocycles. The highest BCUT2D eigenvalue weighted by molar-refractivity contribution is 6.66. The second-order valence-electron chi connectivity index (χ2n) is 8.62. The molecule has 1 N–H and O–H groups in total. The van der Waals surface area contributed by atoms with Crippen molar-refractivity contribution in [3.8, 4) is 0 Å². The van der Waals surface area contributed by atoms with Crippen LogP contribution in [0.5, 0.6) is 0 Å². The molecular weight excluding hydrogens is 464 g/mol. The molecule has 0 saturated heterocycles. The predicted molar refractivity (Wildman–Crippen MR) is 116 cm³/mol. The third kappa shape index (κ3) is 2.93. The molecule has 4 aliphatic rings. The standard InChI is InChI=1S/C12H8ClNO3.C12H9NO4/c13-11(17)12(5-6-12)14-9(15)7-3-1-2-4-8(7)10(14)16;14-9-7-3-1-2-4-8(7)10(15)13(9)12(5-6-12)11(16)17/h1-4H,5-6H2;1-4H,5-6H2,(H,16,17). The van der Waals surface area contributed by atoms with E-state index in [2.05, 4.69) is 0 Å². The molecular formula is C24H17ClN2O7. The number of aliphatic carboxylic acids is 1. The van der Waals surface area contributed by atoms with Gasteiger partial charge in [0.15, 0.2) is 0 Å². The number of carbonyl (C=O) groups is 6. The van der Waals surface area contributed by atoms with Crippen molar-refractivity contribution >= 4 is 46.4 Å². The molecule has 0 radical (unpaired) electrons. The van der Waals surface area contributed by atoms with Gasteiger partial charge in [-0.1, -0.05) is 24.3 Å². The Labute approximate surface area is 197 Å². The summed E-state index contributed by atoms with van der Waals surface area (Å²) in [5, 5.41) is 8.50. The number of imide groups is 2. The molecule has 9 nitrogen and oxygen atoms in total. The Kier molecular flexibility index (Phi) is 4.73. The normalized spacial score (nSPS) is 20.4. The quantitative estimate of drug-likeness (QED) is 0.525. The van der Waals surface area contributed by atoms with Crippen molar-refractivity contribution in [1.82, 2.24) is 9.80 Å². The van der Waals surface area contributed by atoms with Gasteiger partial charge in [-0.3, -0.25) is 33.8 Å². The number of benzene rings is 2. The number of carboxylic acids is 1. The van der Waals surface area contributed by atoms with Gasteiger partial charge in [0, 0.05) is 0 Å². The summed E-state index contributed by atoms with van der Waals surface area (Å²) in [5.41, 5.74) is -1.10. The molecule has 172 valence electrons. The number of hydrogen-bond donors (Lipinski definition) is 1. The fourth-order valence-electron chi connectivity index (χ4n) is 4.43. The molecule has 6 rings (SSSR count). The fraction of sp³-hybridized carbons (Fsp3) is 0.250. The van der Waals surface area contributed by atoms with Crippen LogP contribution in [0.2, 0.25) is 0 Å². The molecule has 2 aliphatic heterocycles. The summed E-state index contributed by atoms with van der Waals surface area (Å²) in [5.74, 6) is -2.93. The van der Waals surface area contributed by atoms with Gasteiger partial charge in [-0.15, -0.1) is 0 Å². The number of rotatable bonds is 4. The maximum absolute atomic E-state index is 12.1.